The number of nitrogens with one attached hydrogen (secondary N) is 1. The van der Waals surface area contributed by atoms with Gasteiger partial charge in [-0.05, 0) is 38.8 Å². The first-order chi connectivity index (χ1) is 11.5. The summed E-state index contributed by atoms with van der Waals surface area (Å²) in [6, 6.07) is 6.93. The van der Waals surface area contributed by atoms with Gasteiger partial charge in [0, 0.05) is 12.4 Å². The van der Waals surface area contributed by atoms with Crippen LogP contribution >= 0.6 is 19.6 Å². The molecule has 1 aromatic carbocycles. The third-order valence-corrected chi connectivity index (χ3v) is 6.06. The molecule has 0 aromatic heterocycles. The van der Waals surface area contributed by atoms with Crippen molar-refractivity contribution < 1.29 is 18.9 Å². The molecule has 1 heterocycles. The zero-order valence-corrected chi connectivity index (χ0v) is 15.7. The Morgan fingerprint density at radius 2 is 2.12 bits per heavy atom. The number of amides is 1. The Balaban J connectivity index is 2.53. The Hall–Kier alpha value is -1.33. The number of carbonyl (C=O) groups excluding carboxylic acids is 1. The number of allylic oxidation sites excluding steroid dienone is 1. The molecule has 1 aliphatic heterocycles. The van der Waals surface area contributed by atoms with Crippen molar-refractivity contribution in [1.29, 1.82) is 0 Å². The number of alkyl halides is 1. The molecule has 0 radical (unpaired) electrons. The molecule has 0 saturated heterocycles. The summed E-state index contributed by atoms with van der Waals surface area (Å²) in [6.07, 6.45) is 1.10. The molecule has 0 spiro atoms. The lowest BCUT2D eigenvalue weighted by molar-refractivity contribution is -0.195. The third kappa shape index (κ3) is 3.67. The molecule has 132 valence electrons. The van der Waals surface area contributed by atoms with Crippen LogP contribution in [0.1, 0.15) is 26.7 Å². The van der Waals surface area contributed by atoms with Gasteiger partial charge in [-0.25, -0.2) is 0 Å². The van der Waals surface area contributed by atoms with Crippen molar-refractivity contribution in [2.24, 2.45) is 0 Å². The summed E-state index contributed by atoms with van der Waals surface area (Å²) >= 11 is 5.75. The standard InChI is InChI=1S/C16H22ClN2O4P/c1-4-18-24(21)19(14-9-5-6-10-15(14)22-3)16(20)13(8-7-11-17)12(2)23-24/h5-6,9-10H,4,7-8,11H2,1-3H3,(H,18,21). The molecule has 1 aromatic rings. The van der Waals surface area contributed by atoms with Gasteiger partial charge in [-0.15, -0.1) is 21.4 Å². The largest absolute Gasteiger partial charge is 0.614 e. The van der Waals surface area contributed by atoms with Crippen molar-refractivity contribution in [3.05, 3.63) is 35.6 Å². The van der Waals surface area contributed by atoms with Gasteiger partial charge < -0.3 is 14.2 Å². The average Bonchev–Trinajstić information content (AvgIpc) is 2.55. The number of anilines is 1. The normalized spacial score (nSPS) is 21.0. The van der Waals surface area contributed by atoms with E-state index < -0.39 is 8.02 Å². The number of nitrogens with zero attached hydrogens (tertiary/aromatic N) is 1. The topological polar surface area (TPSA) is 73.9 Å². The van der Waals surface area contributed by atoms with Gasteiger partial charge in [-0.2, -0.15) is 0 Å². The number of rotatable bonds is 7. The van der Waals surface area contributed by atoms with Crippen LogP contribution in [-0.4, -0.2) is 25.4 Å². The Labute approximate surface area is 148 Å². The minimum Gasteiger partial charge on any atom is -0.614 e. The zero-order chi connectivity index (χ0) is 17.7. The molecule has 1 aliphatic rings. The van der Waals surface area contributed by atoms with E-state index >= 15 is 0 Å². The highest BCUT2D eigenvalue weighted by Gasteiger charge is 2.49. The number of carbonyl (C=O) groups is 1. The van der Waals surface area contributed by atoms with E-state index in [1.54, 1.807) is 38.1 Å². The molecule has 0 bridgehead atoms. The molecule has 1 unspecified atom stereocenters. The first kappa shape index (κ1) is 19.0. The fourth-order valence-corrected chi connectivity index (χ4v) is 4.68. The summed E-state index contributed by atoms with van der Waals surface area (Å²) in [7, 11) is -2.10. The molecule has 2 rings (SSSR count). The van der Waals surface area contributed by atoms with E-state index in [2.05, 4.69) is 5.09 Å². The molecule has 0 fully saturated rings. The highest BCUT2D eigenvalue weighted by atomic mass is 35.5. The second-order valence-electron chi connectivity index (χ2n) is 5.24. The van der Waals surface area contributed by atoms with Crippen LogP contribution in [0.15, 0.2) is 35.6 Å². The molecule has 8 heteroatoms. The van der Waals surface area contributed by atoms with Crippen molar-refractivity contribution in [2.75, 3.05) is 24.2 Å². The maximum Gasteiger partial charge on any atom is 0.331 e. The highest BCUT2D eigenvalue weighted by Crippen LogP contribution is 2.59. The SMILES string of the molecule is CCN[P+]1([O-])OC(C)=C(CCCCl)C(=O)N1c1ccccc1OC. The van der Waals surface area contributed by atoms with Crippen molar-refractivity contribution in [3.8, 4) is 5.75 Å². The van der Waals surface area contributed by atoms with Crippen LogP contribution in [0.2, 0.25) is 0 Å². The molecule has 6 nitrogen and oxygen atoms in total. The Bertz CT molecular complexity index is 640. The number of benzene rings is 1. The number of hydrogen-bond donors (Lipinski definition) is 1. The smallest absolute Gasteiger partial charge is 0.331 e. The third-order valence-electron chi connectivity index (χ3n) is 3.63. The van der Waals surface area contributed by atoms with Gasteiger partial charge >= 0.3 is 8.02 Å². The van der Waals surface area contributed by atoms with Crippen molar-refractivity contribution in [3.63, 3.8) is 0 Å². The summed E-state index contributed by atoms with van der Waals surface area (Å²) < 4.78 is 12.2. The molecule has 1 amide bonds. The molecule has 0 aliphatic carbocycles. The minimum atomic E-state index is -3.60. The number of para-hydroxylation sites is 2. The molecule has 1 N–H and O–H groups in total. The number of methoxy groups -OCH3 is 1. The van der Waals surface area contributed by atoms with E-state index in [0.717, 1.165) is 0 Å². The highest BCUT2D eigenvalue weighted by molar-refractivity contribution is 7.65. The average molecular weight is 373 g/mol. The summed E-state index contributed by atoms with van der Waals surface area (Å²) in [6.45, 7) is 3.85. The lowest BCUT2D eigenvalue weighted by Gasteiger charge is -2.41. The summed E-state index contributed by atoms with van der Waals surface area (Å²) in [5.74, 6) is 0.908. The maximum absolute atomic E-state index is 13.3. The fraction of sp³-hybridized carbons (Fsp3) is 0.438. The summed E-state index contributed by atoms with van der Waals surface area (Å²) in [5, 5.41) is 2.82. The van der Waals surface area contributed by atoms with Gasteiger partial charge in [-0.1, -0.05) is 12.1 Å². The van der Waals surface area contributed by atoms with E-state index in [1.165, 1.54) is 11.8 Å². The Kier molecular flexibility index (Phi) is 6.47. The predicted octanol–water partition coefficient (Wildman–Crippen LogP) is 3.00. The van der Waals surface area contributed by atoms with Crippen LogP contribution in [0.25, 0.3) is 0 Å². The number of hydrogen-bond acceptors (Lipinski definition) is 5. The van der Waals surface area contributed by atoms with Crippen molar-refractivity contribution in [2.45, 2.75) is 26.7 Å². The number of ether oxygens (including phenoxy) is 1. The van der Waals surface area contributed by atoms with Gasteiger partial charge in [0.25, 0.3) is 5.91 Å². The van der Waals surface area contributed by atoms with E-state index in [-0.39, 0.29) is 5.91 Å². The minimum absolute atomic E-state index is 0.349. The second-order valence-corrected chi connectivity index (χ2v) is 7.56. The van der Waals surface area contributed by atoms with Gasteiger partial charge in [-0.3, -0.25) is 4.79 Å². The van der Waals surface area contributed by atoms with Crippen molar-refractivity contribution in [1.82, 2.24) is 5.09 Å². The van der Waals surface area contributed by atoms with Gasteiger partial charge in [0.05, 0.1) is 12.7 Å². The van der Waals surface area contributed by atoms with Gasteiger partial charge in [0.2, 0.25) is 0 Å². The molecular weight excluding hydrogens is 351 g/mol. The van der Waals surface area contributed by atoms with Gasteiger partial charge in [0.15, 0.2) is 5.76 Å². The predicted molar refractivity (Wildman–Crippen MR) is 94.8 cm³/mol. The fourth-order valence-electron chi connectivity index (χ4n) is 2.56. The lowest BCUT2D eigenvalue weighted by atomic mass is 10.1. The first-order valence-electron chi connectivity index (χ1n) is 7.77. The Morgan fingerprint density at radius 3 is 2.75 bits per heavy atom. The number of halogens is 1. The van der Waals surface area contributed by atoms with E-state index in [9.17, 15) is 9.69 Å². The summed E-state index contributed by atoms with van der Waals surface area (Å²) in [4.78, 5) is 26.4. The molecular formula is C16H22ClN2O4P. The molecule has 1 atom stereocenters. The zero-order valence-electron chi connectivity index (χ0n) is 14.0. The monoisotopic (exact) mass is 372 g/mol. The quantitative estimate of drug-likeness (QED) is 0.588. The Morgan fingerprint density at radius 1 is 1.42 bits per heavy atom. The molecule has 0 saturated carbocycles. The van der Waals surface area contributed by atoms with E-state index in [0.29, 0.717) is 48.0 Å². The van der Waals surface area contributed by atoms with Crippen LogP contribution in [0.4, 0.5) is 5.69 Å². The first-order valence-corrected chi connectivity index (χ1v) is 9.88. The van der Waals surface area contributed by atoms with Gasteiger partial charge in [0.1, 0.15) is 11.4 Å². The molecule has 24 heavy (non-hydrogen) atoms. The lowest BCUT2D eigenvalue weighted by Crippen LogP contribution is -2.47. The van der Waals surface area contributed by atoms with Crippen LogP contribution in [-0.2, 0) is 9.32 Å². The van der Waals surface area contributed by atoms with Crippen LogP contribution in [0.5, 0.6) is 5.75 Å². The van der Waals surface area contributed by atoms with Crippen LogP contribution < -0.4 is 19.4 Å². The van der Waals surface area contributed by atoms with Crippen LogP contribution in [0, 0.1) is 0 Å². The summed E-state index contributed by atoms with van der Waals surface area (Å²) in [5.41, 5.74) is 0.885. The van der Waals surface area contributed by atoms with E-state index in [1.807, 2.05) is 0 Å². The van der Waals surface area contributed by atoms with Crippen molar-refractivity contribution >= 4 is 31.2 Å². The maximum atomic E-state index is 13.3. The van der Waals surface area contributed by atoms with Crippen LogP contribution in [0.3, 0.4) is 0 Å². The second kappa shape index (κ2) is 8.17. The van der Waals surface area contributed by atoms with E-state index in [4.69, 9.17) is 20.9 Å².